The van der Waals surface area contributed by atoms with E-state index >= 15 is 0 Å². The fourth-order valence-electron chi connectivity index (χ4n) is 2.33. The van der Waals surface area contributed by atoms with Crippen LogP contribution >= 0.6 is 11.6 Å². The minimum Gasteiger partial charge on any atom is -0.422 e. The Labute approximate surface area is 160 Å². The first kappa shape index (κ1) is 18.5. The van der Waals surface area contributed by atoms with Crippen LogP contribution in [-0.4, -0.2) is 11.8 Å². The van der Waals surface area contributed by atoms with Gasteiger partial charge in [0.05, 0.1) is 5.56 Å². The summed E-state index contributed by atoms with van der Waals surface area (Å²) in [5.74, 6) is -0.950. The maximum atomic E-state index is 13.0. The summed E-state index contributed by atoms with van der Waals surface area (Å²) in [6, 6.07) is 18.4. The predicted octanol–water partition coefficient (Wildman–Crippen LogP) is 5.59. The molecule has 0 saturated carbocycles. The molecule has 0 saturated heterocycles. The van der Waals surface area contributed by atoms with Gasteiger partial charge in [0.1, 0.15) is 11.6 Å². The maximum Gasteiger partial charge on any atom is 0.343 e. The minimum absolute atomic E-state index is 0.202. The van der Waals surface area contributed by atoms with E-state index in [1.807, 2.05) is 0 Å². The largest absolute Gasteiger partial charge is 0.422 e. The van der Waals surface area contributed by atoms with Crippen molar-refractivity contribution >= 4 is 29.4 Å². The number of ketones is 1. The molecule has 3 aromatic carbocycles. The molecule has 3 nitrogen and oxygen atoms in total. The molecule has 0 atom stereocenters. The first-order chi connectivity index (χ1) is 13.0. The zero-order chi connectivity index (χ0) is 19.2. The Morgan fingerprint density at radius 3 is 2.19 bits per heavy atom. The molecule has 0 spiro atoms. The molecule has 0 fully saturated rings. The van der Waals surface area contributed by atoms with Gasteiger partial charge in [-0.15, -0.1) is 0 Å². The van der Waals surface area contributed by atoms with Crippen LogP contribution < -0.4 is 4.74 Å². The summed E-state index contributed by atoms with van der Waals surface area (Å²) >= 11 is 5.82. The van der Waals surface area contributed by atoms with Gasteiger partial charge in [0.15, 0.2) is 5.78 Å². The molecule has 3 aromatic rings. The molecule has 0 aliphatic carbocycles. The summed E-state index contributed by atoms with van der Waals surface area (Å²) in [4.78, 5) is 24.5. The monoisotopic (exact) mass is 380 g/mol. The highest BCUT2D eigenvalue weighted by atomic mass is 35.5. The zero-order valence-corrected chi connectivity index (χ0v) is 14.8. The third-order valence-electron chi connectivity index (χ3n) is 3.74. The van der Waals surface area contributed by atoms with Gasteiger partial charge >= 0.3 is 5.97 Å². The first-order valence-electron chi connectivity index (χ1n) is 8.08. The Bertz CT molecular complexity index is 993. The first-order valence-corrected chi connectivity index (χ1v) is 8.45. The van der Waals surface area contributed by atoms with Gasteiger partial charge < -0.3 is 4.74 Å². The van der Waals surface area contributed by atoms with E-state index in [1.165, 1.54) is 30.3 Å². The van der Waals surface area contributed by atoms with Crippen molar-refractivity contribution in [3.05, 3.63) is 106 Å². The average Bonchev–Trinajstić information content (AvgIpc) is 2.68. The number of halogens is 2. The molecule has 0 N–H and O–H groups in total. The van der Waals surface area contributed by atoms with Gasteiger partial charge in [-0.05, 0) is 66.7 Å². The molecule has 27 heavy (non-hydrogen) atoms. The van der Waals surface area contributed by atoms with E-state index in [4.69, 9.17) is 16.3 Å². The number of rotatable bonds is 5. The van der Waals surface area contributed by atoms with Crippen molar-refractivity contribution in [2.24, 2.45) is 0 Å². The van der Waals surface area contributed by atoms with E-state index in [0.717, 1.165) is 0 Å². The van der Waals surface area contributed by atoms with Gasteiger partial charge in [0.2, 0.25) is 0 Å². The SMILES string of the molecule is O=C(/C=C/c1ccccc1OC(=O)c1ccc(F)cc1)c1ccc(Cl)cc1. The summed E-state index contributed by atoms with van der Waals surface area (Å²) < 4.78 is 18.4. The lowest BCUT2D eigenvalue weighted by molar-refractivity contribution is 0.0734. The van der Waals surface area contributed by atoms with Crippen LogP contribution in [0.4, 0.5) is 4.39 Å². The van der Waals surface area contributed by atoms with Crippen molar-refractivity contribution in [2.45, 2.75) is 0 Å². The topological polar surface area (TPSA) is 43.4 Å². The quantitative estimate of drug-likeness (QED) is 0.250. The van der Waals surface area contributed by atoms with Gasteiger partial charge in [-0.25, -0.2) is 9.18 Å². The fourth-order valence-corrected chi connectivity index (χ4v) is 2.46. The van der Waals surface area contributed by atoms with Crippen LogP contribution in [0.3, 0.4) is 0 Å². The number of allylic oxidation sites excluding steroid dienone is 1. The molecule has 0 amide bonds. The number of hydrogen-bond acceptors (Lipinski definition) is 3. The molecule has 0 radical (unpaired) electrons. The van der Waals surface area contributed by atoms with E-state index in [9.17, 15) is 14.0 Å². The number of benzene rings is 3. The second-order valence-corrected chi connectivity index (χ2v) is 6.08. The van der Waals surface area contributed by atoms with Crippen LogP contribution in [0.5, 0.6) is 5.75 Å². The number of esters is 1. The molecule has 0 aliphatic rings. The average molecular weight is 381 g/mol. The summed E-state index contributed by atoms with van der Waals surface area (Å²) in [5, 5.41) is 0.550. The molecule has 0 bridgehead atoms. The third kappa shape index (κ3) is 4.90. The van der Waals surface area contributed by atoms with Gasteiger partial charge in [0.25, 0.3) is 0 Å². The van der Waals surface area contributed by atoms with Crippen molar-refractivity contribution < 1.29 is 18.7 Å². The van der Waals surface area contributed by atoms with Gasteiger partial charge in [-0.2, -0.15) is 0 Å². The standard InChI is InChI=1S/C22H14ClFO3/c23-18-10-5-15(6-11-18)20(25)14-9-16-3-1-2-4-21(16)27-22(26)17-7-12-19(24)13-8-17/h1-14H/b14-9+. The van der Waals surface area contributed by atoms with Crippen molar-refractivity contribution in [3.8, 4) is 5.75 Å². The zero-order valence-electron chi connectivity index (χ0n) is 14.1. The van der Waals surface area contributed by atoms with Crippen LogP contribution in [-0.2, 0) is 0 Å². The second kappa shape index (κ2) is 8.43. The Morgan fingerprint density at radius 1 is 0.852 bits per heavy atom. The number of carbonyl (C=O) groups excluding carboxylic acids is 2. The lowest BCUT2D eigenvalue weighted by atomic mass is 10.1. The van der Waals surface area contributed by atoms with Gasteiger partial charge in [0, 0.05) is 16.1 Å². The Kier molecular flexibility index (Phi) is 5.79. The smallest absolute Gasteiger partial charge is 0.343 e. The van der Waals surface area contributed by atoms with Gasteiger partial charge in [-0.3, -0.25) is 4.79 Å². The summed E-state index contributed by atoms with van der Waals surface area (Å²) in [7, 11) is 0. The molecule has 3 rings (SSSR count). The van der Waals surface area contributed by atoms with E-state index in [0.29, 0.717) is 21.9 Å². The fraction of sp³-hybridized carbons (Fsp3) is 0. The summed E-state index contributed by atoms with van der Waals surface area (Å²) in [6.07, 6.45) is 2.97. The summed E-state index contributed by atoms with van der Waals surface area (Å²) in [5.41, 5.74) is 1.29. The predicted molar refractivity (Wildman–Crippen MR) is 103 cm³/mol. The lowest BCUT2D eigenvalue weighted by Crippen LogP contribution is -2.09. The van der Waals surface area contributed by atoms with E-state index in [1.54, 1.807) is 54.6 Å². The number of hydrogen-bond donors (Lipinski definition) is 0. The second-order valence-electron chi connectivity index (χ2n) is 5.64. The Hall–Kier alpha value is -3.24. The van der Waals surface area contributed by atoms with Crippen molar-refractivity contribution in [1.82, 2.24) is 0 Å². The van der Waals surface area contributed by atoms with Crippen LogP contribution in [0.2, 0.25) is 5.02 Å². The van der Waals surface area contributed by atoms with Crippen molar-refractivity contribution in [3.63, 3.8) is 0 Å². The minimum atomic E-state index is -0.611. The summed E-state index contributed by atoms with van der Waals surface area (Å²) in [6.45, 7) is 0. The molecule has 0 unspecified atom stereocenters. The molecule has 0 aromatic heterocycles. The normalized spacial score (nSPS) is 10.7. The Morgan fingerprint density at radius 2 is 1.48 bits per heavy atom. The molecule has 134 valence electrons. The van der Waals surface area contributed by atoms with E-state index < -0.39 is 11.8 Å². The highest BCUT2D eigenvalue weighted by molar-refractivity contribution is 6.30. The van der Waals surface area contributed by atoms with Crippen LogP contribution in [0, 0.1) is 5.82 Å². The van der Waals surface area contributed by atoms with Crippen LogP contribution in [0.1, 0.15) is 26.3 Å². The Balaban J connectivity index is 1.77. The highest BCUT2D eigenvalue weighted by Crippen LogP contribution is 2.21. The van der Waals surface area contributed by atoms with Crippen molar-refractivity contribution in [1.29, 1.82) is 0 Å². The molecule has 0 aliphatic heterocycles. The lowest BCUT2D eigenvalue weighted by Gasteiger charge is -2.07. The maximum absolute atomic E-state index is 13.0. The third-order valence-corrected chi connectivity index (χ3v) is 4.00. The van der Waals surface area contributed by atoms with E-state index in [-0.39, 0.29) is 11.3 Å². The highest BCUT2D eigenvalue weighted by Gasteiger charge is 2.11. The number of ether oxygens (including phenoxy) is 1. The van der Waals surface area contributed by atoms with Gasteiger partial charge in [-0.1, -0.05) is 29.8 Å². The number of carbonyl (C=O) groups is 2. The van der Waals surface area contributed by atoms with Crippen LogP contribution in [0.25, 0.3) is 6.08 Å². The van der Waals surface area contributed by atoms with Crippen molar-refractivity contribution in [2.75, 3.05) is 0 Å². The van der Waals surface area contributed by atoms with E-state index in [2.05, 4.69) is 0 Å². The molecule has 0 heterocycles. The van der Waals surface area contributed by atoms with Crippen LogP contribution in [0.15, 0.2) is 78.9 Å². The number of para-hydroxylation sites is 1. The molecular formula is C22H14ClFO3. The molecule has 5 heteroatoms. The molecular weight excluding hydrogens is 367 g/mol.